The number of carbonyl (C=O) groups excluding carboxylic acids is 1. The van der Waals surface area contributed by atoms with Crippen LogP contribution in [0.3, 0.4) is 0 Å². The first-order valence-electron chi connectivity index (χ1n) is 4.81. The van der Waals surface area contributed by atoms with E-state index in [1.807, 2.05) is 32.5 Å². The van der Waals surface area contributed by atoms with Gasteiger partial charge >= 0.3 is 5.97 Å². The molecule has 13 heavy (non-hydrogen) atoms. The molecule has 0 amide bonds. The van der Waals surface area contributed by atoms with Gasteiger partial charge in [0.15, 0.2) is 0 Å². The Balaban J connectivity index is 2.10. The van der Waals surface area contributed by atoms with Crippen molar-refractivity contribution in [3.05, 3.63) is 0 Å². The lowest BCUT2D eigenvalue weighted by Gasteiger charge is -2.25. The molecule has 1 fully saturated rings. The van der Waals surface area contributed by atoms with Crippen molar-refractivity contribution in [1.82, 2.24) is 0 Å². The van der Waals surface area contributed by atoms with Crippen molar-refractivity contribution in [1.29, 1.82) is 0 Å². The first-order chi connectivity index (χ1) is 5.97. The largest absolute Gasteiger partial charge is 0.460 e. The summed E-state index contributed by atoms with van der Waals surface area (Å²) < 4.78 is 5.21. The van der Waals surface area contributed by atoms with Gasteiger partial charge in [-0.25, -0.2) is 0 Å². The van der Waals surface area contributed by atoms with Crippen LogP contribution >= 0.6 is 11.8 Å². The van der Waals surface area contributed by atoms with Crippen LogP contribution in [0, 0.1) is 0 Å². The Kier molecular flexibility index (Phi) is 3.65. The number of rotatable bonds is 3. The standard InChI is InChI=1S/C10H18O2S/c1-10(2,3)12-9(11)5-4-8-6-7-13-8/h8H,4-7H2,1-3H3. The molecule has 3 heteroatoms. The maximum Gasteiger partial charge on any atom is 0.306 e. The highest BCUT2D eigenvalue weighted by Crippen LogP contribution is 2.31. The van der Waals surface area contributed by atoms with Crippen LogP contribution in [-0.2, 0) is 9.53 Å². The van der Waals surface area contributed by atoms with Gasteiger partial charge < -0.3 is 4.74 Å². The van der Waals surface area contributed by atoms with Crippen molar-refractivity contribution in [2.24, 2.45) is 0 Å². The van der Waals surface area contributed by atoms with Crippen molar-refractivity contribution in [3.8, 4) is 0 Å². The van der Waals surface area contributed by atoms with Crippen LogP contribution < -0.4 is 0 Å². The Morgan fingerprint density at radius 1 is 1.54 bits per heavy atom. The third-order valence-corrected chi connectivity index (χ3v) is 3.30. The molecular formula is C10H18O2S. The third kappa shape index (κ3) is 4.55. The van der Waals surface area contributed by atoms with E-state index in [0.29, 0.717) is 11.7 Å². The Bertz CT molecular complexity index is 180. The first-order valence-corrected chi connectivity index (χ1v) is 5.86. The Labute approximate surface area is 84.4 Å². The van der Waals surface area contributed by atoms with Gasteiger partial charge in [-0.15, -0.1) is 0 Å². The summed E-state index contributed by atoms with van der Waals surface area (Å²) in [7, 11) is 0. The van der Waals surface area contributed by atoms with Crippen molar-refractivity contribution < 1.29 is 9.53 Å². The summed E-state index contributed by atoms with van der Waals surface area (Å²) in [5.74, 6) is 1.21. The van der Waals surface area contributed by atoms with Gasteiger partial charge in [0.2, 0.25) is 0 Å². The fraction of sp³-hybridized carbons (Fsp3) is 0.900. The topological polar surface area (TPSA) is 26.3 Å². The molecule has 1 heterocycles. The molecule has 1 unspecified atom stereocenters. The van der Waals surface area contributed by atoms with Crippen molar-refractivity contribution in [2.45, 2.75) is 50.9 Å². The van der Waals surface area contributed by atoms with Gasteiger partial charge in [-0.2, -0.15) is 11.8 Å². The predicted octanol–water partition coefficient (Wildman–Crippen LogP) is 2.61. The zero-order valence-electron chi connectivity index (χ0n) is 8.63. The molecule has 0 N–H and O–H groups in total. The fourth-order valence-corrected chi connectivity index (χ4v) is 2.04. The molecule has 1 saturated heterocycles. The summed E-state index contributed by atoms with van der Waals surface area (Å²) >= 11 is 1.96. The van der Waals surface area contributed by atoms with E-state index in [4.69, 9.17) is 4.74 Å². The van der Waals surface area contributed by atoms with Crippen LogP contribution in [0.4, 0.5) is 0 Å². The number of ether oxygens (including phenoxy) is 1. The molecule has 0 aromatic rings. The van der Waals surface area contributed by atoms with Gasteiger partial charge in [-0.05, 0) is 39.4 Å². The SMILES string of the molecule is CC(C)(C)OC(=O)CCC1CCS1. The maximum atomic E-state index is 11.3. The van der Waals surface area contributed by atoms with Crippen molar-refractivity contribution in [3.63, 3.8) is 0 Å². The van der Waals surface area contributed by atoms with Crippen LogP contribution in [-0.4, -0.2) is 22.6 Å². The smallest absolute Gasteiger partial charge is 0.306 e. The average molecular weight is 202 g/mol. The van der Waals surface area contributed by atoms with Gasteiger partial charge in [0.25, 0.3) is 0 Å². The van der Waals surface area contributed by atoms with E-state index in [1.165, 1.54) is 12.2 Å². The molecule has 0 aromatic heterocycles. The van der Waals surface area contributed by atoms with E-state index in [2.05, 4.69) is 0 Å². The molecule has 1 rings (SSSR count). The lowest BCUT2D eigenvalue weighted by atomic mass is 10.1. The molecule has 0 aromatic carbocycles. The molecule has 2 nitrogen and oxygen atoms in total. The van der Waals surface area contributed by atoms with Crippen LogP contribution in [0.5, 0.6) is 0 Å². The molecule has 1 atom stereocenters. The highest BCUT2D eigenvalue weighted by atomic mass is 32.2. The van der Waals surface area contributed by atoms with E-state index in [9.17, 15) is 4.79 Å². The fourth-order valence-electron chi connectivity index (χ4n) is 1.18. The summed E-state index contributed by atoms with van der Waals surface area (Å²) in [6.45, 7) is 5.72. The second-order valence-electron chi connectivity index (χ2n) is 4.41. The third-order valence-electron chi connectivity index (χ3n) is 1.88. The summed E-state index contributed by atoms with van der Waals surface area (Å²) in [4.78, 5) is 11.3. The minimum Gasteiger partial charge on any atom is -0.460 e. The quantitative estimate of drug-likeness (QED) is 0.658. The lowest BCUT2D eigenvalue weighted by Crippen LogP contribution is -2.25. The lowest BCUT2D eigenvalue weighted by molar-refractivity contribution is -0.154. The summed E-state index contributed by atoms with van der Waals surface area (Å²) in [5.41, 5.74) is -0.330. The van der Waals surface area contributed by atoms with E-state index >= 15 is 0 Å². The predicted molar refractivity (Wildman–Crippen MR) is 55.9 cm³/mol. The molecule has 0 saturated carbocycles. The number of thioether (sulfide) groups is 1. The zero-order chi connectivity index (χ0) is 9.90. The molecule has 0 aliphatic carbocycles. The van der Waals surface area contributed by atoms with Crippen LogP contribution in [0.2, 0.25) is 0 Å². The maximum absolute atomic E-state index is 11.3. The van der Waals surface area contributed by atoms with Gasteiger partial charge in [-0.1, -0.05) is 0 Å². The van der Waals surface area contributed by atoms with E-state index in [1.54, 1.807) is 0 Å². The summed E-state index contributed by atoms with van der Waals surface area (Å²) in [5, 5.41) is 0.715. The van der Waals surface area contributed by atoms with E-state index < -0.39 is 0 Å². The van der Waals surface area contributed by atoms with Crippen LogP contribution in [0.25, 0.3) is 0 Å². The van der Waals surface area contributed by atoms with E-state index in [0.717, 1.165) is 6.42 Å². The second-order valence-corrected chi connectivity index (χ2v) is 5.81. The second kappa shape index (κ2) is 4.36. The molecule has 0 radical (unpaired) electrons. The number of esters is 1. The highest BCUT2D eigenvalue weighted by Gasteiger charge is 2.21. The minimum atomic E-state index is -0.330. The number of hydrogen-bond acceptors (Lipinski definition) is 3. The summed E-state index contributed by atoms with van der Waals surface area (Å²) in [6, 6.07) is 0. The van der Waals surface area contributed by atoms with Gasteiger partial charge in [0.1, 0.15) is 5.60 Å². The molecule has 0 spiro atoms. The molecule has 0 bridgehead atoms. The van der Waals surface area contributed by atoms with Crippen LogP contribution in [0.1, 0.15) is 40.0 Å². The van der Waals surface area contributed by atoms with Gasteiger partial charge in [-0.3, -0.25) is 4.79 Å². The monoisotopic (exact) mass is 202 g/mol. The summed E-state index contributed by atoms with van der Waals surface area (Å²) in [6.07, 6.45) is 2.84. The Hall–Kier alpha value is -0.180. The first kappa shape index (κ1) is 10.9. The Morgan fingerprint density at radius 3 is 2.54 bits per heavy atom. The van der Waals surface area contributed by atoms with Crippen LogP contribution in [0.15, 0.2) is 0 Å². The van der Waals surface area contributed by atoms with Crippen molar-refractivity contribution in [2.75, 3.05) is 5.75 Å². The van der Waals surface area contributed by atoms with Gasteiger partial charge in [0, 0.05) is 11.7 Å². The van der Waals surface area contributed by atoms with Gasteiger partial charge in [0.05, 0.1) is 0 Å². The number of carbonyl (C=O) groups is 1. The Morgan fingerprint density at radius 2 is 2.15 bits per heavy atom. The van der Waals surface area contributed by atoms with E-state index in [-0.39, 0.29) is 11.6 Å². The average Bonchev–Trinajstić information content (AvgIpc) is 1.78. The minimum absolute atomic E-state index is 0.0556. The zero-order valence-corrected chi connectivity index (χ0v) is 9.45. The molecule has 76 valence electrons. The number of hydrogen-bond donors (Lipinski definition) is 0. The molecule has 1 aliphatic rings. The molecule has 1 aliphatic heterocycles. The molecular weight excluding hydrogens is 184 g/mol. The highest BCUT2D eigenvalue weighted by molar-refractivity contribution is 8.01. The normalized spacial score (nSPS) is 22.2. The van der Waals surface area contributed by atoms with Crippen molar-refractivity contribution >= 4 is 17.7 Å².